The summed E-state index contributed by atoms with van der Waals surface area (Å²) in [6.45, 7) is 6.14. The average molecular weight is 312 g/mol. The maximum Gasteiger partial charge on any atom is 0.238 e. The van der Waals surface area contributed by atoms with Crippen LogP contribution in [0.3, 0.4) is 0 Å². The Hall–Kier alpha value is -1.10. The summed E-state index contributed by atoms with van der Waals surface area (Å²) in [4.78, 5) is 14.4. The van der Waals surface area contributed by atoms with Gasteiger partial charge in [-0.3, -0.25) is 9.69 Å². The number of nitrogens with zero attached hydrogens (tertiary/aromatic N) is 1. The summed E-state index contributed by atoms with van der Waals surface area (Å²) in [5.41, 5.74) is 9.03. The highest BCUT2D eigenvalue weighted by Crippen LogP contribution is 2.19. The summed E-state index contributed by atoms with van der Waals surface area (Å²) in [6, 6.07) is 6.34. The van der Waals surface area contributed by atoms with Gasteiger partial charge in [0.25, 0.3) is 0 Å². The van der Waals surface area contributed by atoms with Crippen LogP contribution in [0, 0.1) is 13.8 Å². The molecule has 3 N–H and O–H groups in total. The van der Waals surface area contributed by atoms with Crippen LogP contribution in [-0.4, -0.2) is 36.5 Å². The summed E-state index contributed by atoms with van der Waals surface area (Å²) in [7, 11) is 0. The molecule has 1 unspecified atom stereocenters. The molecule has 1 heterocycles. The SMILES string of the molecule is Cc1cccc(NC(=O)CN2CCCCC2CN)c1C.Cl. The Kier molecular flexibility index (Phi) is 7.15. The third-order valence-corrected chi connectivity index (χ3v) is 4.25. The lowest BCUT2D eigenvalue weighted by Crippen LogP contribution is -2.47. The van der Waals surface area contributed by atoms with Gasteiger partial charge >= 0.3 is 0 Å². The quantitative estimate of drug-likeness (QED) is 0.898. The number of likely N-dealkylation sites (tertiary alicyclic amines) is 1. The van der Waals surface area contributed by atoms with Crippen molar-refractivity contribution in [2.24, 2.45) is 5.73 Å². The predicted molar refractivity (Wildman–Crippen MR) is 90.1 cm³/mol. The Labute approximate surface area is 133 Å². The Morgan fingerprint density at radius 2 is 2.14 bits per heavy atom. The fourth-order valence-corrected chi connectivity index (χ4v) is 2.80. The van der Waals surface area contributed by atoms with Crippen molar-refractivity contribution in [3.8, 4) is 0 Å². The van der Waals surface area contributed by atoms with E-state index in [0.717, 1.165) is 30.6 Å². The topological polar surface area (TPSA) is 58.4 Å². The Bertz CT molecular complexity index is 479. The number of carbonyl (C=O) groups excluding carboxylic acids is 1. The van der Waals surface area contributed by atoms with Crippen LogP contribution in [0.4, 0.5) is 5.69 Å². The summed E-state index contributed by atoms with van der Waals surface area (Å²) < 4.78 is 0. The Morgan fingerprint density at radius 3 is 2.86 bits per heavy atom. The largest absolute Gasteiger partial charge is 0.329 e. The van der Waals surface area contributed by atoms with E-state index in [1.54, 1.807) is 0 Å². The third kappa shape index (κ3) is 4.70. The van der Waals surface area contributed by atoms with Crippen LogP contribution in [0.1, 0.15) is 30.4 Å². The van der Waals surface area contributed by atoms with Gasteiger partial charge < -0.3 is 11.1 Å². The molecule has 1 aliphatic heterocycles. The molecule has 1 saturated heterocycles. The number of anilines is 1. The van der Waals surface area contributed by atoms with Crippen LogP contribution in [0.15, 0.2) is 18.2 Å². The van der Waals surface area contributed by atoms with Crippen molar-refractivity contribution >= 4 is 24.0 Å². The zero-order valence-electron chi connectivity index (χ0n) is 12.9. The number of nitrogens with two attached hydrogens (primary N) is 1. The highest BCUT2D eigenvalue weighted by Gasteiger charge is 2.23. The van der Waals surface area contributed by atoms with Crippen molar-refractivity contribution in [3.05, 3.63) is 29.3 Å². The first-order valence-electron chi connectivity index (χ1n) is 7.42. The molecule has 0 saturated carbocycles. The molecule has 1 atom stereocenters. The molecule has 118 valence electrons. The van der Waals surface area contributed by atoms with Crippen molar-refractivity contribution in [3.63, 3.8) is 0 Å². The summed E-state index contributed by atoms with van der Waals surface area (Å²) in [6.07, 6.45) is 3.48. The minimum Gasteiger partial charge on any atom is -0.329 e. The molecule has 0 radical (unpaired) electrons. The van der Waals surface area contributed by atoms with E-state index in [-0.39, 0.29) is 18.3 Å². The van der Waals surface area contributed by atoms with Crippen molar-refractivity contribution in [2.75, 3.05) is 25.0 Å². The molecule has 1 fully saturated rings. The first kappa shape index (κ1) is 18.0. The van der Waals surface area contributed by atoms with Crippen molar-refractivity contribution in [1.29, 1.82) is 0 Å². The average Bonchev–Trinajstić information content (AvgIpc) is 2.44. The number of benzene rings is 1. The second-order valence-corrected chi connectivity index (χ2v) is 5.65. The zero-order chi connectivity index (χ0) is 14.5. The Balaban J connectivity index is 0.00000220. The molecular weight excluding hydrogens is 286 g/mol. The highest BCUT2D eigenvalue weighted by atomic mass is 35.5. The molecule has 0 bridgehead atoms. The number of nitrogens with one attached hydrogen (secondary N) is 1. The molecule has 21 heavy (non-hydrogen) atoms. The number of rotatable bonds is 4. The maximum absolute atomic E-state index is 12.2. The first-order valence-corrected chi connectivity index (χ1v) is 7.42. The van der Waals surface area contributed by atoms with E-state index in [2.05, 4.69) is 23.2 Å². The number of halogens is 1. The van der Waals surface area contributed by atoms with E-state index >= 15 is 0 Å². The number of aryl methyl sites for hydroxylation is 1. The standard InChI is InChI=1S/C16H25N3O.ClH/c1-12-6-5-8-15(13(12)2)18-16(20)11-19-9-4-3-7-14(19)10-17;/h5-6,8,14H,3-4,7,9-11,17H2,1-2H3,(H,18,20);1H. The van der Waals surface area contributed by atoms with E-state index in [0.29, 0.717) is 19.1 Å². The first-order chi connectivity index (χ1) is 9.61. The second-order valence-electron chi connectivity index (χ2n) is 5.65. The number of piperidine rings is 1. The van der Waals surface area contributed by atoms with Gasteiger partial charge in [-0.05, 0) is 50.4 Å². The number of hydrogen-bond acceptors (Lipinski definition) is 3. The molecule has 0 aliphatic carbocycles. The van der Waals surface area contributed by atoms with Crippen LogP contribution in [0.2, 0.25) is 0 Å². The smallest absolute Gasteiger partial charge is 0.238 e. The fourth-order valence-electron chi connectivity index (χ4n) is 2.80. The summed E-state index contributed by atoms with van der Waals surface area (Å²) >= 11 is 0. The summed E-state index contributed by atoms with van der Waals surface area (Å²) in [5.74, 6) is 0.0547. The minimum absolute atomic E-state index is 0. The van der Waals surface area contributed by atoms with Gasteiger partial charge in [0.2, 0.25) is 5.91 Å². The lowest BCUT2D eigenvalue weighted by atomic mass is 10.0. The molecule has 2 rings (SSSR count). The molecular formula is C16H26ClN3O. The number of amides is 1. The van der Waals surface area contributed by atoms with Gasteiger partial charge in [-0.1, -0.05) is 18.6 Å². The molecule has 0 aromatic heterocycles. The van der Waals surface area contributed by atoms with Crippen LogP contribution in [0.5, 0.6) is 0 Å². The second kappa shape index (κ2) is 8.37. The van der Waals surface area contributed by atoms with Crippen LogP contribution >= 0.6 is 12.4 Å². The monoisotopic (exact) mass is 311 g/mol. The fraction of sp³-hybridized carbons (Fsp3) is 0.562. The van der Waals surface area contributed by atoms with Crippen LogP contribution < -0.4 is 11.1 Å². The van der Waals surface area contributed by atoms with E-state index in [1.165, 1.54) is 12.0 Å². The molecule has 1 aromatic carbocycles. The minimum atomic E-state index is 0. The predicted octanol–water partition coefficient (Wildman–Crippen LogP) is 2.48. The van der Waals surface area contributed by atoms with Gasteiger partial charge in [0.15, 0.2) is 0 Å². The molecule has 1 aliphatic rings. The van der Waals surface area contributed by atoms with Gasteiger partial charge in [0.1, 0.15) is 0 Å². The summed E-state index contributed by atoms with van der Waals surface area (Å²) in [5, 5.41) is 3.02. The van der Waals surface area contributed by atoms with Crippen molar-refractivity contribution in [1.82, 2.24) is 4.90 Å². The lowest BCUT2D eigenvalue weighted by Gasteiger charge is -2.34. The number of hydrogen-bond donors (Lipinski definition) is 2. The maximum atomic E-state index is 12.2. The van der Waals surface area contributed by atoms with E-state index in [1.807, 2.05) is 19.1 Å². The molecule has 0 spiro atoms. The molecule has 1 amide bonds. The van der Waals surface area contributed by atoms with Gasteiger partial charge in [0, 0.05) is 18.3 Å². The van der Waals surface area contributed by atoms with E-state index in [4.69, 9.17) is 5.73 Å². The lowest BCUT2D eigenvalue weighted by molar-refractivity contribution is -0.118. The van der Waals surface area contributed by atoms with Gasteiger partial charge in [-0.25, -0.2) is 0 Å². The van der Waals surface area contributed by atoms with Gasteiger partial charge in [-0.2, -0.15) is 0 Å². The van der Waals surface area contributed by atoms with Gasteiger partial charge in [0.05, 0.1) is 6.54 Å². The van der Waals surface area contributed by atoms with E-state index < -0.39 is 0 Å². The normalized spacial score (nSPS) is 18.9. The molecule has 5 heteroatoms. The van der Waals surface area contributed by atoms with Crippen molar-refractivity contribution in [2.45, 2.75) is 39.2 Å². The third-order valence-electron chi connectivity index (χ3n) is 4.25. The highest BCUT2D eigenvalue weighted by molar-refractivity contribution is 5.93. The molecule has 1 aromatic rings. The zero-order valence-corrected chi connectivity index (χ0v) is 13.7. The molecule has 4 nitrogen and oxygen atoms in total. The van der Waals surface area contributed by atoms with E-state index in [9.17, 15) is 4.79 Å². The van der Waals surface area contributed by atoms with Crippen LogP contribution in [-0.2, 0) is 4.79 Å². The van der Waals surface area contributed by atoms with Crippen molar-refractivity contribution < 1.29 is 4.79 Å². The van der Waals surface area contributed by atoms with Crippen LogP contribution in [0.25, 0.3) is 0 Å². The Morgan fingerprint density at radius 1 is 1.38 bits per heavy atom. The number of carbonyl (C=O) groups is 1. The van der Waals surface area contributed by atoms with Gasteiger partial charge in [-0.15, -0.1) is 12.4 Å².